The van der Waals surface area contributed by atoms with Gasteiger partial charge in [0.2, 0.25) is 20.0 Å². The number of rotatable bonds is 4. The average molecular weight is 320 g/mol. The first kappa shape index (κ1) is 15.4. The van der Waals surface area contributed by atoms with E-state index >= 15 is 0 Å². The number of nitrogens with one attached hydrogen (secondary N) is 1. The molecule has 1 aliphatic heterocycles. The van der Waals surface area contributed by atoms with Gasteiger partial charge in [0, 0.05) is 19.3 Å². The second-order valence-corrected chi connectivity index (χ2v) is 7.80. The molecule has 112 valence electrons. The molecule has 0 saturated carbocycles. The summed E-state index contributed by atoms with van der Waals surface area (Å²) in [6.07, 6.45) is 1.18. The predicted molar refractivity (Wildman–Crippen MR) is 72.0 cm³/mol. The van der Waals surface area contributed by atoms with Gasteiger partial charge in [-0.3, -0.25) is 0 Å². The van der Waals surface area contributed by atoms with E-state index in [0.29, 0.717) is 26.1 Å². The molecule has 2 rings (SSSR count). The molecule has 9 heteroatoms. The highest BCUT2D eigenvalue weighted by Crippen LogP contribution is 2.16. The first-order chi connectivity index (χ1) is 9.29. The second-order valence-electron chi connectivity index (χ2n) is 4.53. The molecule has 0 aromatic heterocycles. The second kappa shape index (κ2) is 5.78. The van der Waals surface area contributed by atoms with E-state index in [1.165, 1.54) is 18.2 Å². The first-order valence-corrected chi connectivity index (χ1v) is 9.05. The summed E-state index contributed by atoms with van der Waals surface area (Å²) >= 11 is 0. The Bertz CT molecular complexity index is 679. The van der Waals surface area contributed by atoms with E-state index in [0.717, 1.165) is 6.07 Å². The number of hydrogen-bond donors (Lipinski definition) is 2. The summed E-state index contributed by atoms with van der Waals surface area (Å²) in [4.78, 5) is -0.345. The van der Waals surface area contributed by atoms with Crippen molar-refractivity contribution in [2.24, 2.45) is 5.14 Å². The number of hydrogen-bond acceptors (Lipinski definition) is 5. The molecule has 1 fully saturated rings. The fraction of sp³-hybridized carbons (Fsp3) is 0.455. The van der Waals surface area contributed by atoms with Crippen molar-refractivity contribution in [3.05, 3.63) is 24.3 Å². The predicted octanol–water partition coefficient (Wildman–Crippen LogP) is -0.209. The van der Waals surface area contributed by atoms with Crippen LogP contribution in [0, 0.1) is 0 Å². The molecule has 1 aromatic rings. The van der Waals surface area contributed by atoms with Crippen molar-refractivity contribution in [1.82, 2.24) is 4.72 Å². The third-order valence-electron chi connectivity index (χ3n) is 2.99. The van der Waals surface area contributed by atoms with Crippen molar-refractivity contribution in [2.45, 2.75) is 28.7 Å². The number of ether oxygens (including phenoxy) is 1. The Morgan fingerprint density at radius 2 is 1.70 bits per heavy atom. The number of nitrogens with two attached hydrogens (primary N) is 1. The van der Waals surface area contributed by atoms with Gasteiger partial charge in [0.15, 0.2) is 0 Å². The SMILES string of the molecule is NS(=O)(=O)c1cccc(S(=O)(=O)NC2CCOCC2)c1. The average Bonchev–Trinajstić information content (AvgIpc) is 2.38. The van der Waals surface area contributed by atoms with Crippen molar-refractivity contribution >= 4 is 20.0 Å². The van der Waals surface area contributed by atoms with Crippen molar-refractivity contribution < 1.29 is 21.6 Å². The fourth-order valence-corrected chi connectivity index (χ4v) is 3.91. The van der Waals surface area contributed by atoms with E-state index in [-0.39, 0.29) is 15.8 Å². The lowest BCUT2D eigenvalue weighted by Gasteiger charge is -2.23. The lowest BCUT2D eigenvalue weighted by atomic mass is 10.1. The Morgan fingerprint density at radius 3 is 2.30 bits per heavy atom. The van der Waals surface area contributed by atoms with Crippen LogP contribution in [0.4, 0.5) is 0 Å². The summed E-state index contributed by atoms with van der Waals surface area (Å²) in [5.41, 5.74) is 0. The molecule has 0 spiro atoms. The Labute approximate surface area is 118 Å². The molecule has 0 radical (unpaired) electrons. The highest BCUT2D eigenvalue weighted by Gasteiger charge is 2.23. The quantitative estimate of drug-likeness (QED) is 0.796. The highest BCUT2D eigenvalue weighted by atomic mass is 32.2. The zero-order chi connectivity index (χ0) is 14.8. The summed E-state index contributed by atoms with van der Waals surface area (Å²) in [6.45, 7) is 1.01. The zero-order valence-electron chi connectivity index (χ0n) is 10.7. The third kappa shape index (κ3) is 3.76. The number of primary sulfonamides is 1. The highest BCUT2D eigenvalue weighted by molar-refractivity contribution is 7.90. The van der Waals surface area contributed by atoms with Gasteiger partial charge >= 0.3 is 0 Å². The van der Waals surface area contributed by atoms with Crippen LogP contribution in [-0.2, 0) is 24.8 Å². The molecule has 1 heterocycles. The fourth-order valence-electron chi connectivity index (χ4n) is 1.92. The van der Waals surface area contributed by atoms with Crippen LogP contribution in [0.25, 0.3) is 0 Å². The molecular weight excluding hydrogens is 304 g/mol. The Balaban J connectivity index is 2.25. The summed E-state index contributed by atoms with van der Waals surface area (Å²) in [7, 11) is -7.70. The van der Waals surface area contributed by atoms with Crippen molar-refractivity contribution in [1.29, 1.82) is 0 Å². The van der Waals surface area contributed by atoms with Gasteiger partial charge in [-0.1, -0.05) is 6.07 Å². The summed E-state index contributed by atoms with van der Waals surface area (Å²) in [5.74, 6) is 0. The van der Waals surface area contributed by atoms with Gasteiger partial charge in [-0.25, -0.2) is 26.7 Å². The minimum atomic E-state index is -3.93. The Kier molecular flexibility index (Phi) is 4.45. The summed E-state index contributed by atoms with van der Waals surface area (Å²) < 4.78 is 54.6. The largest absolute Gasteiger partial charge is 0.381 e. The molecule has 0 atom stereocenters. The molecular formula is C11H16N2O5S2. The van der Waals surface area contributed by atoms with Crippen LogP contribution in [-0.4, -0.2) is 36.1 Å². The van der Waals surface area contributed by atoms with Gasteiger partial charge in [0.1, 0.15) is 0 Å². The van der Waals surface area contributed by atoms with Gasteiger partial charge < -0.3 is 4.74 Å². The van der Waals surface area contributed by atoms with Crippen LogP contribution in [0.2, 0.25) is 0 Å². The summed E-state index contributed by atoms with van der Waals surface area (Å²) in [5, 5.41) is 4.99. The molecule has 0 amide bonds. The van der Waals surface area contributed by atoms with E-state index in [4.69, 9.17) is 9.88 Å². The van der Waals surface area contributed by atoms with Crippen LogP contribution in [0.15, 0.2) is 34.1 Å². The van der Waals surface area contributed by atoms with Gasteiger partial charge in [-0.2, -0.15) is 0 Å². The molecule has 1 aromatic carbocycles. The van der Waals surface area contributed by atoms with Crippen molar-refractivity contribution in [2.75, 3.05) is 13.2 Å². The number of sulfonamides is 2. The van der Waals surface area contributed by atoms with Crippen molar-refractivity contribution in [3.8, 4) is 0 Å². The van der Waals surface area contributed by atoms with Crippen LogP contribution in [0.1, 0.15) is 12.8 Å². The lowest BCUT2D eigenvalue weighted by Crippen LogP contribution is -2.38. The summed E-state index contributed by atoms with van der Waals surface area (Å²) in [6, 6.07) is 4.78. The maximum atomic E-state index is 12.2. The van der Waals surface area contributed by atoms with Gasteiger partial charge in [0.05, 0.1) is 9.79 Å². The van der Waals surface area contributed by atoms with Crippen LogP contribution >= 0.6 is 0 Å². The Morgan fingerprint density at radius 1 is 1.10 bits per heavy atom. The maximum absolute atomic E-state index is 12.2. The standard InChI is InChI=1S/C11H16N2O5S2/c12-19(14,15)10-2-1-3-11(8-10)20(16,17)13-9-4-6-18-7-5-9/h1-3,8-9,13H,4-7H2,(H2,12,14,15). The molecule has 1 aliphatic rings. The van der Waals surface area contributed by atoms with E-state index in [1.54, 1.807) is 0 Å². The van der Waals surface area contributed by atoms with Gasteiger partial charge in [0.25, 0.3) is 0 Å². The lowest BCUT2D eigenvalue weighted by molar-refractivity contribution is 0.0832. The molecule has 7 nitrogen and oxygen atoms in total. The smallest absolute Gasteiger partial charge is 0.240 e. The van der Waals surface area contributed by atoms with Crippen LogP contribution in [0.5, 0.6) is 0 Å². The van der Waals surface area contributed by atoms with Crippen LogP contribution in [0.3, 0.4) is 0 Å². The minimum absolute atomic E-state index is 0.115. The first-order valence-electron chi connectivity index (χ1n) is 6.02. The minimum Gasteiger partial charge on any atom is -0.381 e. The van der Waals surface area contributed by atoms with Gasteiger partial charge in [-0.15, -0.1) is 0 Å². The van der Waals surface area contributed by atoms with E-state index in [9.17, 15) is 16.8 Å². The Hall–Kier alpha value is -1.00. The van der Waals surface area contributed by atoms with Crippen LogP contribution < -0.4 is 9.86 Å². The molecule has 0 bridgehead atoms. The van der Waals surface area contributed by atoms with E-state index < -0.39 is 20.0 Å². The zero-order valence-corrected chi connectivity index (χ0v) is 12.3. The molecule has 3 N–H and O–H groups in total. The van der Waals surface area contributed by atoms with Gasteiger partial charge in [-0.05, 0) is 31.0 Å². The molecule has 0 aliphatic carbocycles. The molecule has 20 heavy (non-hydrogen) atoms. The molecule has 0 unspecified atom stereocenters. The molecule has 1 saturated heterocycles. The van der Waals surface area contributed by atoms with Crippen molar-refractivity contribution in [3.63, 3.8) is 0 Å². The normalized spacial score (nSPS) is 18.1. The van der Waals surface area contributed by atoms with E-state index in [2.05, 4.69) is 4.72 Å². The third-order valence-corrected chi connectivity index (χ3v) is 5.42. The maximum Gasteiger partial charge on any atom is 0.240 e. The number of benzene rings is 1. The van der Waals surface area contributed by atoms with E-state index in [1.807, 2.05) is 0 Å². The topological polar surface area (TPSA) is 116 Å². The monoisotopic (exact) mass is 320 g/mol.